The number of hydrogen-bond donors (Lipinski definition) is 1. The second-order valence-electron chi connectivity index (χ2n) is 5.60. The number of pyridine rings is 1. The Bertz CT molecular complexity index is 746. The largest absolute Gasteiger partial charge is 0.312 e. The Labute approximate surface area is 139 Å². The number of benzene rings is 1. The van der Waals surface area contributed by atoms with Crippen LogP contribution in [0.25, 0.3) is 0 Å². The molecule has 1 saturated heterocycles. The summed E-state index contributed by atoms with van der Waals surface area (Å²) >= 11 is 5.77. The molecular weight excluding hydrogens is 314 g/mol. The minimum absolute atomic E-state index is 0.0418. The van der Waals surface area contributed by atoms with Crippen molar-refractivity contribution in [2.45, 2.75) is 13.3 Å². The molecule has 2 heterocycles. The van der Waals surface area contributed by atoms with Crippen molar-refractivity contribution in [1.82, 2.24) is 4.98 Å². The molecule has 2 amide bonds. The minimum atomic E-state index is -0.388. The maximum absolute atomic E-state index is 12.3. The van der Waals surface area contributed by atoms with E-state index in [1.807, 2.05) is 31.2 Å². The first-order valence-corrected chi connectivity index (χ1v) is 7.70. The molecule has 5 nitrogen and oxygen atoms in total. The van der Waals surface area contributed by atoms with E-state index in [0.717, 1.165) is 11.3 Å². The molecule has 118 valence electrons. The number of anilines is 2. The van der Waals surface area contributed by atoms with E-state index in [9.17, 15) is 9.59 Å². The number of aromatic nitrogens is 1. The molecule has 1 aliphatic heterocycles. The minimum Gasteiger partial charge on any atom is -0.312 e. The van der Waals surface area contributed by atoms with Gasteiger partial charge in [0, 0.05) is 24.8 Å². The summed E-state index contributed by atoms with van der Waals surface area (Å²) in [6, 6.07) is 11.0. The molecule has 6 heteroatoms. The van der Waals surface area contributed by atoms with Crippen molar-refractivity contribution in [1.29, 1.82) is 0 Å². The predicted octanol–water partition coefficient (Wildman–Crippen LogP) is 3.04. The molecule has 1 fully saturated rings. The molecule has 1 aromatic heterocycles. The van der Waals surface area contributed by atoms with Crippen molar-refractivity contribution in [2.24, 2.45) is 5.92 Å². The fourth-order valence-electron chi connectivity index (χ4n) is 2.61. The highest BCUT2D eigenvalue weighted by molar-refractivity contribution is 6.30. The Morgan fingerprint density at radius 3 is 2.87 bits per heavy atom. The maximum atomic E-state index is 12.3. The Kier molecular flexibility index (Phi) is 4.30. The van der Waals surface area contributed by atoms with Gasteiger partial charge in [0.15, 0.2) is 0 Å². The quantitative estimate of drug-likeness (QED) is 0.941. The lowest BCUT2D eigenvalue weighted by Crippen LogP contribution is -2.28. The molecule has 1 atom stereocenters. The summed E-state index contributed by atoms with van der Waals surface area (Å²) in [5, 5.41) is 3.23. The molecular formula is C17H16ClN3O2. The summed E-state index contributed by atoms with van der Waals surface area (Å²) < 4.78 is 0. The Balaban J connectivity index is 1.69. The van der Waals surface area contributed by atoms with Gasteiger partial charge in [-0.2, -0.15) is 0 Å². The van der Waals surface area contributed by atoms with Crippen molar-refractivity contribution in [3.05, 3.63) is 53.2 Å². The highest BCUT2D eigenvalue weighted by atomic mass is 35.5. The van der Waals surface area contributed by atoms with Crippen LogP contribution in [-0.2, 0) is 9.59 Å². The van der Waals surface area contributed by atoms with Crippen LogP contribution in [0.3, 0.4) is 0 Å². The zero-order valence-electron chi connectivity index (χ0n) is 12.6. The van der Waals surface area contributed by atoms with Crippen LogP contribution in [0.15, 0.2) is 42.6 Å². The van der Waals surface area contributed by atoms with E-state index in [-0.39, 0.29) is 24.2 Å². The molecule has 0 spiro atoms. The van der Waals surface area contributed by atoms with E-state index in [2.05, 4.69) is 10.3 Å². The SMILES string of the molecule is Cc1cccc(N2C[C@@H](C(=O)Nc3ccc(Cl)cn3)CC2=O)c1. The monoisotopic (exact) mass is 329 g/mol. The standard InChI is InChI=1S/C17H16ClN3O2/c1-11-3-2-4-14(7-11)21-10-12(8-16(21)22)17(23)20-15-6-5-13(18)9-19-15/h2-7,9,12H,8,10H2,1H3,(H,19,20,23)/t12-/m0/s1. The van der Waals surface area contributed by atoms with Gasteiger partial charge in [0.2, 0.25) is 11.8 Å². The second-order valence-corrected chi connectivity index (χ2v) is 6.03. The zero-order valence-corrected chi connectivity index (χ0v) is 13.4. The Hall–Kier alpha value is -2.40. The van der Waals surface area contributed by atoms with Gasteiger partial charge < -0.3 is 10.2 Å². The topological polar surface area (TPSA) is 62.3 Å². The summed E-state index contributed by atoms with van der Waals surface area (Å²) in [5.74, 6) is -0.204. The van der Waals surface area contributed by atoms with Crippen LogP contribution in [0.2, 0.25) is 5.02 Å². The van der Waals surface area contributed by atoms with Crippen LogP contribution >= 0.6 is 11.6 Å². The highest BCUT2D eigenvalue weighted by Gasteiger charge is 2.35. The first kappa shape index (κ1) is 15.5. The third-order valence-corrected chi connectivity index (χ3v) is 4.01. The van der Waals surface area contributed by atoms with E-state index in [1.54, 1.807) is 17.0 Å². The first-order chi connectivity index (χ1) is 11.0. The number of rotatable bonds is 3. The van der Waals surface area contributed by atoms with Gasteiger partial charge in [-0.05, 0) is 36.8 Å². The lowest BCUT2D eigenvalue weighted by Gasteiger charge is -2.17. The number of amides is 2. The molecule has 23 heavy (non-hydrogen) atoms. The third kappa shape index (κ3) is 3.51. The molecule has 1 aromatic carbocycles. The smallest absolute Gasteiger partial charge is 0.230 e. The van der Waals surface area contributed by atoms with E-state index >= 15 is 0 Å². The van der Waals surface area contributed by atoms with Crippen LogP contribution in [0, 0.1) is 12.8 Å². The number of halogens is 1. The molecule has 0 radical (unpaired) electrons. The highest BCUT2D eigenvalue weighted by Crippen LogP contribution is 2.26. The van der Waals surface area contributed by atoms with Crippen LogP contribution in [0.1, 0.15) is 12.0 Å². The lowest BCUT2D eigenvalue weighted by atomic mass is 10.1. The van der Waals surface area contributed by atoms with Gasteiger partial charge in [-0.15, -0.1) is 0 Å². The molecule has 3 rings (SSSR count). The lowest BCUT2D eigenvalue weighted by molar-refractivity contribution is -0.122. The van der Waals surface area contributed by atoms with Crippen molar-refractivity contribution >= 4 is 34.9 Å². The van der Waals surface area contributed by atoms with E-state index < -0.39 is 0 Å². The van der Waals surface area contributed by atoms with Gasteiger partial charge in [-0.3, -0.25) is 9.59 Å². The van der Waals surface area contributed by atoms with E-state index in [4.69, 9.17) is 11.6 Å². The maximum Gasteiger partial charge on any atom is 0.230 e. The average molecular weight is 330 g/mol. The van der Waals surface area contributed by atoms with E-state index in [1.165, 1.54) is 6.20 Å². The molecule has 1 N–H and O–H groups in total. The van der Waals surface area contributed by atoms with Crippen molar-refractivity contribution < 1.29 is 9.59 Å². The van der Waals surface area contributed by atoms with Crippen LogP contribution in [-0.4, -0.2) is 23.3 Å². The van der Waals surface area contributed by atoms with Crippen LogP contribution in [0.5, 0.6) is 0 Å². The second kappa shape index (κ2) is 6.38. The first-order valence-electron chi connectivity index (χ1n) is 7.32. The fourth-order valence-corrected chi connectivity index (χ4v) is 2.72. The summed E-state index contributed by atoms with van der Waals surface area (Å²) in [7, 11) is 0. The summed E-state index contributed by atoms with van der Waals surface area (Å²) in [4.78, 5) is 30.2. The number of carbonyl (C=O) groups excluding carboxylic acids is 2. The van der Waals surface area contributed by atoms with Crippen LogP contribution in [0.4, 0.5) is 11.5 Å². The van der Waals surface area contributed by atoms with Gasteiger partial charge in [-0.25, -0.2) is 4.98 Å². The summed E-state index contributed by atoms with van der Waals surface area (Å²) in [6.07, 6.45) is 1.67. The van der Waals surface area contributed by atoms with Crippen molar-refractivity contribution in [2.75, 3.05) is 16.8 Å². The number of hydrogen-bond acceptors (Lipinski definition) is 3. The van der Waals surface area contributed by atoms with Crippen molar-refractivity contribution in [3.8, 4) is 0 Å². The van der Waals surface area contributed by atoms with Gasteiger partial charge >= 0.3 is 0 Å². The van der Waals surface area contributed by atoms with Gasteiger partial charge in [-0.1, -0.05) is 23.7 Å². The predicted molar refractivity (Wildman–Crippen MR) is 89.5 cm³/mol. The third-order valence-electron chi connectivity index (χ3n) is 3.79. The summed E-state index contributed by atoms with van der Waals surface area (Å²) in [6.45, 7) is 2.35. The van der Waals surface area contributed by atoms with Gasteiger partial charge in [0.05, 0.1) is 10.9 Å². The Morgan fingerprint density at radius 1 is 1.35 bits per heavy atom. The molecule has 0 aliphatic carbocycles. The fraction of sp³-hybridized carbons (Fsp3) is 0.235. The number of nitrogens with zero attached hydrogens (tertiary/aromatic N) is 2. The average Bonchev–Trinajstić information content (AvgIpc) is 2.92. The number of nitrogens with one attached hydrogen (secondary N) is 1. The van der Waals surface area contributed by atoms with E-state index in [0.29, 0.717) is 17.4 Å². The van der Waals surface area contributed by atoms with Gasteiger partial charge in [0.25, 0.3) is 0 Å². The zero-order chi connectivity index (χ0) is 16.4. The normalized spacial score (nSPS) is 17.4. The number of carbonyl (C=O) groups is 2. The number of aryl methyl sites for hydroxylation is 1. The Morgan fingerprint density at radius 2 is 2.17 bits per heavy atom. The van der Waals surface area contributed by atoms with Crippen molar-refractivity contribution in [3.63, 3.8) is 0 Å². The van der Waals surface area contributed by atoms with Gasteiger partial charge in [0.1, 0.15) is 5.82 Å². The molecule has 0 saturated carbocycles. The molecule has 0 unspecified atom stereocenters. The molecule has 2 aromatic rings. The molecule has 1 aliphatic rings. The summed E-state index contributed by atoms with van der Waals surface area (Å²) in [5.41, 5.74) is 1.91. The molecule has 0 bridgehead atoms. The van der Waals surface area contributed by atoms with Crippen LogP contribution < -0.4 is 10.2 Å².